The summed E-state index contributed by atoms with van der Waals surface area (Å²) in [5.41, 5.74) is 0.411. The first-order valence-electron chi connectivity index (χ1n) is 3.84. The van der Waals surface area contributed by atoms with E-state index < -0.39 is 0 Å². The number of hydrogen-bond acceptors (Lipinski definition) is 0. The summed E-state index contributed by atoms with van der Waals surface area (Å²) in [6.07, 6.45) is 0.710. The minimum absolute atomic E-state index is 0.312. The van der Waals surface area contributed by atoms with Crippen molar-refractivity contribution in [2.24, 2.45) is 0 Å². The molecule has 1 rings (SSSR count). The Labute approximate surface area is 108 Å². The molecule has 0 heterocycles. The number of halogens is 4. The topological polar surface area (TPSA) is 0 Å². The van der Waals surface area contributed by atoms with Crippen molar-refractivity contribution in [3.8, 4) is 11.8 Å². The van der Waals surface area contributed by atoms with Gasteiger partial charge in [-0.25, -0.2) is 4.39 Å². The second-order valence-corrected chi connectivity index (χ2v) is 5.05. The molecule has 74 valence electrons. The van der Waals surface area contributed by atoms with Crippen molar-refractivity contribution >= 4 is 47.8 Å². The Morgan fingerprint density at radius 2 is 2.00 bits per heavy atom. The van der Waals surface area contributed by atoms with Crippen molar-refractivity contribution in [1.29, 1.82) is 0 Å². The van der Waals surface area contributed by atoms with Gasteiger partial charge in [0.1, 0.15) is 5.82 Å². The van der Waals surface area contributed by atoms with Crippen LogP contribution in [0.15, 0.2) is 21.1 Å². The van der Waals surface area contributed by atoms with Crippen LogP contribution in [0, 0.1) is 17.7 Å². The average molecular weight is 385 g/mol. The Hall–Kier alpha value is 0.150. The van der Waals surface area contributed by atoms with Gasteiger partial charge in [0, 0.05) is 20.7 Å². The maximum absolute atomic E-state index is 13.4. The van der Waals surface area contributed by atoms with Crippen molar-refractivity contribution in [3.05, 3.63) is 32.5 Å². The summed E-state index contributed by atoms with van der Waals surface area (Å²) in [5.74, 6) is 5.35. The highest BCUT2D eigenvalue weighted by molar-refractivity contribution is 9.11. The molecule has 0 unspecified atom stereocenters. The fourth-order valence-corrected chi connectivity index (χ4v) is 2.33. The van der Waals surface area contributed by atoms with Gasteiger partial charge in [-0.3, -0.25) is 0 Å². The predicted molar refractivity (Wildman–Crippen MR) is 67.1 cm³/mol. The number of alkyl halides is 1. The largest absolute Gasteiger partial charge is 0.206 e. The van der Waals surface area contributed by atoms with Gasteiger partial charge in [0.15, 0.2) is 0 Å². The van der Waals surface area contributed by atoms with Crippen LogP contribution in [0.25, 0.3) is 0 Å². The highest BCUT2D eigenvalue weighted by Crippen LogP contribution is 2.24. The van der Waals surface area contributed by atoms with E-state index in [0.717, 1.165) is 5.33 Å². The standard InChI is InChI=1S/C10H6Br3F/c11-4-2-1-3-8-9(13)5-7(12)6-10(8)14/h5-6H,2,4H2. The third-order valence-electron chi connectivity index (χ3n) is 1.44. The first kappa shape index (κ1) is 12.2. The van der Waals surface area contributed by atoms with E-state index in [1.165, 1.54) is 6.07 Å². The predicted octanol–water partition coefficient (Wildman–Crippen LogP) is 4.49. The lowest BCUT2D eigenvalue weighted by Gasteiger charge is -1.99. The number of hydrogen-bond donors (Lipinski definition) is 0. The van der Waals surface area contributed by atoms with E-state index in [1.54, 1.807) is 6.07 Å². The van der Waals surface area contributed by atoms with E-state index in [4.69, 9.17) is 0 Å². The quantitative estimate of drug-likeness (QED) is 0.494. The molecule has 0 N–H and O–H groups in total. The van der Waals surface area contributed by atoms with Crippen LogP contribution in [0.4, 0.5) is 4.39 Å². The molecule has 0 atom stereocenters. The molecule has 0 aromatic heterocycles. The lowest BCUT2D eigenvalue weighted by Crippen LogP contribution is -1.86. The molecule has 0 aliphatic heterocycles. The molecule has 0 saturated heterocycles. The molecule has 0 radical (unpaired) electrons. The zero-order chi connectivity index (χ0) is 10.6. The van der Waals surface area contributed by atoms with Crippen molar-refractivity contribution in [2.45, 2.75) is 6.42 Å². The molecule has 0 nitrogen and oxygen atoms in total. The summed E-state index contributed by atoms with van der Waals surface area (Å²) in [7, 11) is 0. The van der Waals surface area contributed by atoms with Gasteiger partial charge in [-0.15, -0.1) is 0 Å². The van der Waals surface area contributed by atoms with Crippen molar-refractivity contribution in [3.63, 3.8) is 0 Å². The monoisotopic (exact) mass is 382 g/mol. The van der Waals surface area contributed by atoms with Gasteiger partial charge in [0.2, 0.25) is 0 Å². The van der Waals surface area contributed by atoms with Crippen LogP contribution in [-0.2, 0) is 0 Å². The van der Waals surface area contributed by atoms with Gasteiger partial charge in [-0.05, 0) is 28.1 Å². The van der Waals surface area contributed by atoms with Crippen LogP contribution in [0.1, 0.15) is 12.0 Å². The van der Waals surface area contributed by atoms with E-state index in [-0.39, 0.29) is 5.82 Å². The summed E-state index contributed by atoms with van der Waals surface area (Å²) in [6.45, 7) is 0. The zero-order valence-electron chi connectivity index (χ0n) is 7.08. The Bertz CT molecular complexity index is 367. The smallest absolute Gasteiger partial charge is 0.141 e. The molecule has 1 aromatic carbocycles. The van der Waals surface area contributed by atoms with Crippen molar-refractivity contribution < 1.29 is 4.39 Å². The second-order valence-electron chi connectivity index (χ2n) is 2.49. The normalized spacial score (nSPS) is 9.43. The Morgan fingerprint density at radius 3 is 2.57 bits per heavy atom. The van der Waals surface area contributed by atoms with Gasteiger partial charge in [0.05, 0.1) is 5.56 Å². The molecule has 0 amide bonds. The number of benzene rings is 1. The SMILES string of the molecule is Fc1cc(Br)cc(Br)c1C#CCCBr. The van der Waals surface area contributed by atoms with Gasteiger partial charge in [-0.2, -0.15) is 0 Å². The maximum atomic E-state index is 13.4. The minimum Gasteiger partial charge on any atom is -0.206 e. The zero-order valence-corrected chi connectivity index (χ0v) is 11.8. The Kier molecular flexibility index (Phi) is 5.14. The highest BCUT2D eigenvalue weighted by Gasteiger charge is 2.05. The van der Waals surface area contributed by atoms with E-state index in [1.807, 2.05) is 0 Å². The summed E-state index contributed by atoms with van der Waals surface area (Å²) < 4.78 is 14.7. The molecule has 4 heteroatoms. The second kappa shape index (κ2) is 5.89. The van der Waals surface area contributed by atoms with Crippen LogP contribution in [-0.4, -0.2) is 5.33 Å². The summed E-state index contributed by atoms with van der Waals surface area (Å²) in [6, 6.07) is 3.18. The first-order valence-corrected chi connectivity index (χ1v) is 6.55. The minimum atomic E-state index is -0.312. The van der Waals surface area contributed by atoms with Crippen LogP contribution >= 0.6 is 47.8 Å². The molecule has 14 heavy (non-hydrogen) atoms. The summed E-state index contributed by atoms with van der Waals surface area (Å²) in [4.78, 5) is 0. The first-order chi connectivity index (χ1) is 6.65. The Morgan fingerprint density at radius 1 is 1.29 bits per heavy atom. The van der Waals surface area contributed by atoms with E-state index in [2.05, 4.69) is 59.6 Å². The molecule has 0 fully saturated rings. The van der Waals surface area contributed by atoms with Crippen LogP contribution in [0.3, 0.4) is 0 Å². The number of rotatable bonds is 1. The Balaban J connectivity index is 3.04. The summed E-state index contributed by atoms with van der Waals surface area (Å²) >= 11 is 9.73. The van der Waals surface area contributed by atoms with Gasteiger partial charge >= 0.3 is 0 Å². The molecule has 0 bridgehead atoms. The molecule has 0 saturated carbocycles. The molecular formula is C10H6Br3F. The summed E-state index contributed by atoms with van der Waals surface area (Å²) in [5, 5.41) is 0.801. The fourth-order valence-electron chi connectivity index (χ4n) is 0.860. The molecule has 1 aromatic rings. The lowest BCUT2D eigenvalue weighted by atomic mass is 10.2. The molecule has 0 aliphatic rings. The van der Waals surface area contributed by atoms with Crippen LogP contribution < -0.4 is 0 Å². The van der Waals surface area contributed by atoms with Crippen LogP contribution in [0.5, 0.6) is 0 Å². The van der Waals surface area contributed by atoms with Gasteiger partial charge < -0.3 is 0 Å². The van der Waals surface area contributed by atoms with Gasteiger partial charge in [0.25, 0.3) is 0 Å². The van der Waals surface area contributed by atoms with Crippen LogP contribution in [0.2, 0.25) is 0 Å². The highest BCUT2D eigenvalue weighted by atomic mass is 79.9. The maximum Gasteiger partial charge on any atom is 0.141 e. The average Bonchev–Trinajstić information content (AvgIpc) is 2.09. The van der Waals surface area contributed by atoms with Gasteiger partial charge in [-0.1, -0.05) is 43.7 Å². The third-order valence-corrected chi connectivity index (χ3v) is 2.92. The van der Waals surface area contributed by atoms with E-state index in [0.29, 0.717) is 20.9 Å². The molecule has 0 aliphatic carbocycles. The van der Waals surface area contributed by atoms with Crippen molar-refractivity contribution in [2.75, 3.05) is 5.33 Å². The van der Waals surface area contributed by atoms with E-state index >= 15 is 0 Å². The third kappa shape index (κ3) is 3.38. The van der Waals surface area contributed by atoms with E-state index in [9.17, 15) is 4.39 Å². The molecular weight excluding hydrogens is 379 g/mol. The van der Waals surface area contributed by atoms with Crippen molar-refractivity contribution in [1.82, 2.24) is 0 Å². The molecule has 0 spiro atoms. The fraction of sp³-hybridized carbons (Fsp3) is 0.200. The lowest BCUT2D eigenvalue weighted by molar-refractivity contribution is 0.622.